The summed E-state index contributed by atoms with van der Waals surface area (Å²) in [6.45, 7) is 3.04. The van der Waals surface area contributed by atoms with Gasteiger partial charge in [0.25, 0.3) is 0 Å². The summed E-state index contributed by atoms with van der Waals surface area (Å²) in [7, 11) is -2.89. The molecular weight excluding hydrogens is 295 g/mol. The number of hydrogen-bond donors (Lipinski definition) is 0. The smallest absolute Gasteiger partial charge is 0.153 e. The van der Waals surface area contributed by atoms with Gasteiger partial charge in [0.2, 0.25) is 0 Å². The van der Waals surface area contributed by atoms with Gasteiger partial charge in [-0.15, -0.1) is 0 Å². The van der Waals surface area contributed by atoms with E-state index >= 15 is 0 Å². The van der Waals surface area contributed by atoms with Crippen molar-refractivity contribution in [3.05, 3.63) is 28.0 Å². The van der Waals surface area contributed by atoms with Gasteiger partial charge in [0.05, 0.1) is 11.5 Å². The first kappa shape index (κ1) is 14.1. The molecule has 18 heavy (non-hydrogen) atoms. The van der Waals surface area contributed by atoms with Crippen LogP contribution in [-0.4, -0.2) is 42.4 Å². The average Bonchev–Trinajstić information content (AvgIpc) is 2.24. The number of rotatable bonds is 2. The molecule has 1 unspecified atom stereocenters. The molecular formula is C11H14Cl2N2O2S. The minimum atomic E-state index is -2.89. The maximum atomic E-state index is 11.5. The van der Waals surface area contributed by atoms with E-state index in [1.165, 1.54) is 0 Å². The van der Waals surface area contributed by atoms with E-state index in [4.69, 9.17) is 23.2 Å². The summed E-state index contributed by atoms with van der Waals surface area (Å²) in [5, 5.41) is 0.737. The molecule has 0 N–H and O–H groups in total. The number of nitrogens with zero attached hydrogens (tertiary/aromatic N) is 2. The predicted octanol–water partition coefficient (Wildman–Crippen LogP) is 2.01. The summed E-state index contributed by atoms with van der Waals surface area (Å²) >= 11 is 11.7. The number of aromatic nitrogens is 1. The topological polar surface area (TPSA) is 50.3 Å². The average molecular weight is 309 g/mol. The third-order valence-electron chi connectivity index (χ3n) is 3.07. The largest absolute Gasteiger partial charge is 0.294 e. The molecule has 0 aromatic carbocycles. The first-order chi connectivity index (χ1) is 8.37. The van der Waals surface area contributed by atoms with Gasteiger partial charge < -0.3 is 0 Å². The molecule has 100 valence electrons. The maximum Gasteiger partial charge on any atom is 0.153 e. The first-order valence-corrected chi connectivity index (χ1v) is 8.20. The van der Waals surface area contributed by atoms with Gasteiger partial charge in [-0.2, -0.15) is 0 Å². The third kappa shape index (κ3) is 3.35. The second-order valence-corrected chi connectivity index (χ2v) is 7.49. The summed E-state index contributed by atoms with van der Waals surface area (Å²) in [5.74, 6) is 0.404. The van der Waals surface area contributed by atoms with Crippen LogP contribution in [0.1, 0.15) is 12.5 Å². The van der Waals surface area contributed by atoms with Gasteiger partial charge in [0, 0.05) is 24.7 Å². The second kappa shape index (κ2) is 5.33. The van der Waals surface area contributed by atoms with Gasteiger partial charge >= 0.3 is 0 Å². The fourth-order valence-corrected chi connectivity index (χ4v) is 4.08. The standard InChI is InChI=1S/C11H14Cl2N2O2S/c1-8-7-18(16,17)5-4-15(8)6-9-2-3-10(12)14-11(9)13/h2-3,8H,4-7H2,1H3. The second-order valence-electron chi connectivity index (χ2n) is 4.52. The third-order valence-corrected chi connectivity index (χ3v) is 5.41. The highest BCUT2D eigenvalue weighted by atomic mass is 35.5. The lowest BCUT2D eigenvalue weighted by Gasteiger charge is -2.33. The lowest BCUT2D eigenvalue weighted by molar-refractivity contribution is 0.218. The minimum Gasteiger partial charge on any atom is -0.294 e. The molecule has 1 aromatic heterocycles. The summed E-state index contributed by atoms with van der Waals surface area (Å²) in [6, 6.07) is 3.51. The van der Waals surface area contributed by atoms with Gasteiger partial charge in [0.1, 0.15) is 10.3 Å². The Morgan fingerprint density at radius 1 is 1.44 bits per heavy atom. The fourth-order valence-electron chi connectivity index (χ4n) is 2.05. The molecule has 0 amide bonds. The molecule has 1 atom stereocenters. The summed E-state index contributed by atoms with van der Waals surface area (Å²) in [5.41, 5.74) is 0.868. The SMILES string of the molecule is CC1CS(=O)(=O)CCN1Cc1ccc(Cl)nc1Cl. The molecule has 0 spiro atoms. The van der Waals surface area contributed by atoms with E-state index in [0.717, 1.165) is 5.56 Å². The van der Waals surface area contributed by atoms with Crippen LogP contribution in [0.15, 0.2) is 12.1 Å². The van der Waals surface area contributed by atoms with Crippen molar-refractivity contribution in [2.45, 2.75) is 19.5 Å². The van der Waals surface area contributed by atoms with E-state index in [1.807, 2.05) is 13.0 Å². The number of pyridine rings is 1. The number of halogens is 2. The Morgan fingerprint density at radius 3 is 2.78 bits per heavy atom. The maximum absolute atomic E-state index is 11.5. The predicted molar refractivity (Wildman–Crippen MR) is 72.8 cm³/mol. The van der Waals surface area contributed by atoms with Crippen molar-refractivity contribution in [1.82, 2.24) is 9.88 Å². The zero-order valence-corrected chi connectivity index (χ0v) is 12.3. The molecule has 1 saturated heterocycles. The summed E-state index contributed by atoms with van der Waals surface area (Å²) < 4.78 is 23.0. The monoisotopic (exact) mass is 308 g/mol. The number of hydrogen-bond acceptors (Lipinski definition) is 4. The van der Waals surface area contributed by atoms with Crippen molar-refractivity contribution in [2.75, 3.05) is 18.1 Å². The van der Waals surface area contributed by atoms with Crippen LogP contribution in [0.25, 0.3) is 0 Å². The van der Waals surface area contributed by atoms with Crippen LogP contribution in [0.5, 0.6) is 0 Å². The molecule has 7 heteroatoms. The van der Waals surface area contributed by atoms with Gasteiger partial charge in [0.15, 0.2) is 9.84 Å². The molecule has 0 saturated carbocycles. The van der Waals surface area contributed by atoms with E-state index in [2.05, 4.69) is 9.88 Å². The lowest BCUT2D eigenvalue weighted by atomic mass is 10.2. The van der Waals surface area contributed by atoms with Crippen LogP contribution >= 0.6 is 23.2 Å². The quantitative estimate of drug-likeness (QED) is 0.784. The van der Waals surface area contributed by atoms with Crippen LogP contribution in [-0.2, 0) is 16.4 Å². The lowest BCUT2D eigenvalue weighted by Crippen LogP contribution is -2.46. The van der Waals surface area contributed by atoms with Crippen molar-refractivity contribution >= 4 is 33.0 Å². The Kier molecular flexibility index (Phi) is 4.16. The van der Waals surface area contributed by atoms with E-state index in [-0.39, 0.29) is 17.5 Å². The molecule has 0 bridgehead atoms. The summed E-state index contributed by atoms with van der Waals surface area (Å²) in [6.07, 6.45) is 0. The van der Waals surface area contributed by atoms with E-state index in [0.29, 0.717) is 23.4 Å². The van der Waals surface area contributed by atoms with Gasteiger partial charge in [-0.1, -0.05) is 29.3 Å². The van der Waals surface area contributed by atoms with Crippen molar-refractivity contribution < 1.29 is 8.42 Å². The Morgan fingerprint density at radius 2 is 2.17 bits per heavy atom. The Balaban J connectivity index is 2.10. The minimum absolute atomic E-state index is 0.00417. The van der Waals surface area contributed by atoms with Gasteiger partial charge in [-0.3, -0.25) is 4.90 Å². The van der Waals surface area contributed by atoms with Crippen molar-refractivity contribution in [3.63, 3.8) is 0 Å². The Bertz CT molecular complexity index is 548. The van der Waals surface area contributed by atoms with Crippen LogP contribution in [0.2, 0.25) is 10.3 Å². The molecule has 1 aliphatic heterocycles. The van der Waals surface area contributed by atoms with Crippen LogP contribution < -0.4 is 0 Å². The zero-order chi connectivity index (χ0) is 13.3. The molecule has 0 radical (unpaired) electrons. The molecule has 2 rings (SSSR count). The highest BCUT2D eigenvalue weighted by Crippen LogP contribution is 2.21. The normalized spacial score (nSPS) is 24.1. The molecule has 0 aliphatic carbocycles. The van der Waals surface area contributed by atoms with Crippen molar-refractivity contribution in [2.24, 2.45) is 0 Å². The molecule has 1 aromatic rings. The van der Waals surface area contributed by atoms with E-state index in [9.17, 15) is 8.42 Å². The molecule has 2 heterocycles. The zero-order valence-electron chi connectivity index (χ0n) is 9.94. The van der Waals surface area contributed by atoms with E-state index in [1.54, 1.807) is 6.07 Å². The van der Waals surface area contributed by atoms with Crippen LogP contribution in [0.4, 0.5) is 0 Å². The van der Waals surface area contributed by atoms with E-state index < -0.39 is 9.84 Å². The van der Waals surface area contributed by atoms with Crippen LogP contribution in [0.3, 0.4) is 0 Å². The van der Waals surface area contributed by atoms with Gasteiger partial charge in [-0.25, -0.2) is 13.4 Å². The summed E-state index contributed by atoms with van der Waals surface area (Å²) in [4.78, 5) is 6.07. The van der Waals surface area contributed by atoms with Gasteiger partial charge in [-0.05, 0) is 13.0 Å². The fraction of sp³-hybridized carbons (Fsp3) is 0.545. The Hall–Kier alpha value is -0.360. The van der Waals surface area contributed by atoms with Crippen molar-refractivity contribution in [1.29, 1.82) is 0 Å². The van der Waals surface area contributed by atoms with Crippen molar-refractivity contribution in [3.8, 4) is 0 Å². The molecule has 1 fully saturated rings. The molecule has 4 nitrogen and oxygen atoms in total. The highest BCUT2D eigenvalue weighted by molar-refractivity contribution is 7.91. The highest BCUT2D eigenvalue weighted by Gasteiger charge is 2.28. The Labute approximate surface area is 117 Å². The molecule has 1 aliphatic rings. The van der Waals surface area contributed by atoms with Crippen LogP contribution in [0, 0.1) is 0 Å². The first-order valence-electron chi connectivity index (χ1n) is 5.63. The number of sulfone groups is 1.